The van der Waals surface area contributed by atoms with E-state index in [1.54, 1.807) is 0 Å². The SMILES string of the molecule is O=CCNC(=O)OCC1c2ccccc2Cc2ccccc21. The van der Waals surface area contributed by atoms with Crippen LogP contribution in [0.1, 0.15) is 28.2 Å². The average molecular weight is 295 g/mol. The number of fused-ring (bicyclic) bond motifs is 2. The van der Waals surface area contributed by atoms with Gasteiger partial charge in [0.1, 0.15) is 12.9 Å². The summed E-state index contributed by atoms with van der Waals surface area (Å²) in [5.41, 5.74) is 4.93. The van der Waals surface area contributed by atoms with E-state index in [-0.39, 0.29) is 19.1 Å². The Hall–Kier alpha value is -2.62. The highest BCUT2D eigenvalue weighted by atomic mass is 16.5. The Morgan fingerprint density at radius 1 is 1.09 bits per heavy atom. The van der Waals surface area contributed by atoms with E-state index in [9.17, 15) is 9.59 Å². The van der Waals surface area contributed by atoms with Crippen LogP contribution < -0.4 is 5.32 Å². The van der Waals surface area contributed by atoms with Gasteiger partial charge in [-0.3, -0.25) is 0 Å². The largest absolute Gasteiger partial charge is 0.449 e. The van der Waals surface area contributed by atoms with Crippen molar-refractivity contribution in [3.63, 3.8) is 0 Å². The van der Waals surface area contributed by atoms with E-state index in [2.05, 4.69) is 29.6 Å². The summed E-state index contributed by atoms with van der Waals surface area (Å²) in [6.07, 6.45) is 0.972. The minimum absolute atomic E-state index is 0.0307. The molecule has 1 amide bonds. The summed E-state index contributed by atoms with van der Waals surface area (Å²) < 4.78 is 5.29. The lowest BCUT2D eigenvalue weighted by Gasteiger charge is -2.28. The van der Waals surface area contributed by atoms with Crippen LogP contribution in [-0.2, 0) is 16.0 Å². The molecule has 0 spiro atoms. The first-order valence-corrected chi connectivity index (χ1v) is 7.29. The fourth-order valence-corrected chi connectivity index (χ4v) is 2.96. The third-order valence-electron chi connectivity index (χ3n) is 3.95. The number of benzene rings is 2. The topological polar surface area (TPSA) is 55.4 Å². The maximum absolute atomic E-state index is 11.6. The smallest absolute Gasteiger partial charge is 0.407 e. The molecule has 2 aromatic rings. The van der Waals surface area contributed by atoms with Gasteiger partial charge < -0.3 is 14.8 Å². The van der Waals surface area contributed by atoms with Crippen molar-refractivity contribution in [3.8, 4) is 0 Å². The van der Waals surface area contributed by atoms with Crippen molar-refractivity contribution in [2.75, 3.05) is 13.2 Å². The molecule has 0 aromatic heterocycles. The number of rotatable bonds is 4. The van der Waals surface area contributed by atoms with E-state index in [1.165, 1.54) is 22.3 Å². The molecule has 1 aliphatic carbocycles. The minimum Gasteiger partial charge on any atom is -0.449 e. The van der Waals surface area contributed by atoms with E-state index in [4.69, 9.17) is 4.74 Å². The van der Waals surface area contributed by atoms with Crippen molar-refractivity contribution in [1.82, 2.24) is 5.32 Å². The molecule has 4 heteroatoms. The van der Waals surface area contributed by atoms with Gasteiger partial charge in [-0.15, -0.1) is 0 Å². The predicted molar refractivity (Wildman–Crippen MR) is 82.9 cm³/mol. The van der Waals surface area contributed by atoms with Crippen molar-refractivity contribution in [2.45, 2.75) is 12.3 Å². The lowest BCUT2D eigenvalue weighted by molar-refractivity contribution is -0.107. The van der Waals surface area contributed by atoms with E-state index >= 15 is 0 Å². The van der Waals surface area contributed by atoms with Gasteiger partial charge in [0, 0.05) is 5.92 Å². The normalized spacial score (nSPS) is 12.9. The number of nitrogens with one attached hydrogen (secondary N) is 1. The van der Waals surface area contributed by atoms with Gasteiger partial charge in [0.25, 0.3) is 0 Å². The van der Waals surface area contributed by atoms with Crippen LogP contribution in [0.25, 0.3) is 0 Å². The van der Waals surface area contributed by atoms with Crippen LogP contribution in [0, 0.1) is 0 Å². The van der Waals surface area contributed by atoms with Gasteiger partial charge in [0.15, 0.2) is 0 Å². The summed E-state index contributed by atoms with van der Waals surface area (Å²) >= 11 is 0. The van der Waals surface area contributed by atoms with Crippen LogP contribution in [0.5, 0.6) is 0 Å². The van der Waals surface area contributed by atoms with E-state index in [0.29, 0.717) is 6.29 Å². The number of carbonyl (C=O) groups excluding carboxylic acids is 2. The number of carbonyl (C=O) groups is 2. The van der Waals surface area contributed by atoms with Crippen LogP contribution in [0.3, 0.4) is 0 Å². The molecule has 22 heavy (non-hydrogen) atoms. The molecule has 3 rings (SSSR count). The number of ether oxygens (including phenoxy) is 1. The summed E-state index contributed by atoms with van der Waals surface area (Å²) in [4.78, 5) is 21.8. The lowest BCUT2D eigenvalue weighted by Crippen LogP contribution is -2.28. The highest BCUT2D eigenvalue weighted by Gasteiger charge is 2.26. The number of aldehydes is 1. The van der Waals surface area contributed by atoms with Gasteiger partial charge >= 0.3 is 6.09 Å². The molecule has 1 aliphatic rings. The Morgan fingerprint density at radius 3 is 2.27 bits per heavy atom. The van der Waals surface area contributed by atoms with Crippen LogP contribution >= 0.6 is 0 Å². The Balaban J connectivity index is 1.83. The van der Waals surface area contributed by atoms with Gasteiger partial charge in [-0.05, 0) is 28.7 Å². The third kappa shape index (κ3) is 2.86. The molecule has 0 radical (unpaired) electrons. The second-order valence-electron chi connectivity index (χ2n) is 5.27. The lowest BCUT2D eigenvalue weighted by atomic mass is 9.78. The first-order valence-electron chi connectivity index (χ1n) is 7.29. The molecule has 4 nitrogen and oxygen atoms in total. The van der Waals surface area contributed by atoms with Crippen molar-refractivity contribution in [1.29, 1.82) is 0 Å². The maximum Gasteiger partial charge on any atom is 0.407 e. The highest BCUT2D eigenvalue weighted by Crippen LogP contribution is 2.36. The molecule has 0 fully saturated rings. The van der Waals surface area contributed by atoms with Crippen LogP contribution in [-0.4, -0.2) is 25.5 Å². The molecule has 0 aliphatic heterocycles. The van der Waals surface area contributed by atoms with Crippen molar-refractivity contribution in [3.05, 3.63) is 70.8 Å². The molecule has 112 valence electrons. The Bertz CT molecular complexity index is 651. The minimum atomic E-state index is -0.562. The number of amides is 1. The molecule has 0 unspecified atom stereocenters. The first kappa shape index (κ1) is 14.3. The molecule has 0 heterocycles. The van der Waals surface area contributed by atoms with E-state index in [0.717, 1.165) is 6.42 Å². The Labute approximate surface area is 129 Å². The summed E-state index contributed by atoms with van der Waals surface area (Å²) in [6.45, 7) is 0.232. The molecule has 1 N–H and O–H groups in total. The van der Waals surface area contributed by atoms with Gasteiger partial charge in [0.2, 0.25) is 0 Å². The monoisotopic (exact) mass is 295 g/mol. The van der Waals surface area contributed by atoms with Crippen molar-refractivity contribution < 1.29 is 14.3 Å². The molecule has 2 aromatic carbocycles. The Morgan fingerprint density at radius 2 is 1.68 bits per heavy atom. The summed E-state index contributed by atoms with van der Waals surface area (Å²) in [6, 6.07) is 16.5. The van der Waals surface area contributed by atoms with Crippen molar-refractivity contribution >= 4 is 12.4 Å². The third-order valence-corrected chi connectivity index (χ3v) is 3.95. The van der Waals surface area contributed by atoms with Gasteiger partial charge in [-0.25, -0.2) is 4.79 Å². The predicted octanol–water partition coefficient (Wildman–Crippen LogP) is 2.65. The van der Waals surface area contributed by atoms with E-state index < -0.39 is 6.09 Å². The molecule has 0 bridgehead atoms. The molecule has 0 atom stereocenters. The second-order valence-corrected chi connectivity index (χ2v) is 5.27. The maximum atomic E-state index is 11.6. The number of hydrogen-bond acceptors (Lipinski definition) is 3. The van der Waals surface area contributed by atoms with Crippen LogP contribution in [0.15, 0.2) is 48.5 Å². The quantitative estimate of drug-likeness (QED) is 0.882. The zero-order chi connectivity index (χ0) is 15.4. The fraction of sp³-hybridized carbons (Fsp3) is 0.222. The van der Waals surface area contributed by atoms with Crippen LogP contribution in [0.2, 0.25) is 0 Å². The molecular formula is C18H17NO3. The standard InChI is InChI=1S/C18H17NO3/c20-10-9-19-18(21)22-12-17-15-7-3-1-5-13(15)11-14-6-2-4-8-16(14)17/h1-8,10,17H,9,11-12H2,(H,19,21). The summed E-state index contributed by atoms with van der Waals surface area (Å²) in [7, 11) is 0. The van der Waals surface area contributed by atoms with Gasteiger partial charge in [-0.2, -0.15) is 0 Å². The number of hydrogen-bond donors (Lipinski definition) is 1. The first-order chi connectivity index (χ1) is 10.8. The summed E-state index contributed by atoms with van der Waals surface area (Å²) in [5.74, 6) is 0.0307. The zero-order valence-corrected chi connectivity index (χ0v) is 12.1. The highest BCUT2D eigenvalue weighted by molar-refractivity contribution is 5.71. The number of alkyl carbamates (subject to hydrolysis) is 1. The average Bonchev–Trinajstić information content (AvgIpc) is 2.56. The fourth-order valence-electron chi connectivity index (χ4n) is 2.96. The molecule has 0 saturated carbocycles. The van der Waals surface area contributed by atoms with Gasteiger partial charge in [-0.1, -0.05) is 48.5 Å². The van der Waals surface area contributed by atoms with Gasteiger partial charge in [0.05, 0.1) is 6.54 Å². The molecular weight excluding hydrogens is 278 g/mol. The zero-order valence-electron chi connectivity index (χ0n) is 12.1. The van der Waals surface area contributed by atoms with Crippen molar-refractivity contribution in [2.24, 2.45) is 0 Å². The van der Waals surface area contributed by atoms with E-state index in [1.807, 2.05) is 24.3 Å². The summed E-state index contributed by atoms with van der Waals surface area (Å²) in [5, 5.41) is 2.39. The second kappa shape index (κ2) is 6.43. The molecule has 0 saturated heterocycles. The Kier molecular flexibility index (Phi) is 4.19. The van der Waals surface area contributed by atoms with Crippen LogP contribution in [0.4, 0.5) is 4.79 Å².